The molecule has 0 aliphatic rings. The van der Waals surface area contributed by atoms with Gasteiger partial charge in [0.05, 0.1) is 0 Å². The molecule has 0 atom stereocenters. The number of hydrogen-bond acceptors (Lipinski definition) is 4. The van der Waals surface area contributed by atoms with E-state index in [0.717, 1.165) is 39.1 Å². The van der Waals surface area contributed by atoms with Crippen molar-refractivity contribution in [3.05, 3.63) is 35.4 Å². The standard InChI is InChI=1S/C24H46N4/c1-2-3-4-5-8-17-26-18-9-6-7-10-19-27-21-23-12-14-24(15-13-23)22-28-20-11-16-25/h12-15,26-28H,2-11,16-22,25H2,1H3. The second-order valence-corrected chi connectivity index (χ2v) is 7.89. The predicted molar refractivity (Wildman–Crippen MR) is 124 cm³/mol. The lowest BCUT2D eigenvalue weighted by Crippen LogP contribution is -2.18. The molecule has 28 heavy (non-hydrogen) atoms. The second-order valence-electron chi connectivity index (χ2n) is 7.89. The molecule has 4 nitrogen and oxygen atoms in total. The Balaban J connectivity index is 1.87. The first-order chi connectivity index (χ1) is 13.9. The summed E-state index contributed by atoms with van der Waals surface area (Å²) in [5, 5.41) is 10.6. The molecule has 1 aromatic rings. The summed E-state index contributed by atoms with van der Waals surface area (Å²) in [6, 6.07) is 8.92. The van der Waals surface area contributed by atoms with Gasteiger partial charge >= 0.3 is 0 Å². The number of rotatable bonds is 20. The zero-order valence-electron chi connectivity index (χ0n) is 18.4. The first kappa shape index (κ1) is 25.1. The van der Waals surface area contributed by atoms with Crippen molar-refractivity contribution in [1.29, 1.82) is 0 Å². The largest absolute Gasteiger partial charge is 0.330 e. The Morgan fingerprint density at radius 1 is 0.571 bits per heavy atom. The average Bonchev–Trinajstić information content (AvgIpc) is 2.72. The summed E-state index contributed by atoms with van der Waals surface area (Å²) >= 11 is 0. The van der Waals surface area contributed by atoms with Crippen LogP contribution in [0.2, 0.25) is 0 Å². The lowest BCUT2D eigenvalue weighted by molar-refractivity contribution is 0.544. The van der Waals surface area contributed by atoms with Crippen LogP contribution in [-0.4, -0.2) is 32.7 Å². The molecule has 0 amide bonds. The minimum atomic E-state index is 0.758. The normalized spacial score (nSPS) is 11.2. The van der Waals surface area contributed by atoms with Gasteiger partial charge in [-0.25, -0.2) is 0 Å². The van der Waals surface area contributed by atoms with E-state index in [4.69, 9.17) is 5.73 Å². The van der Waals surface area contributed by atoms with Crippen LogP contribution in [0.4, 0.5) is 0 Å². The highest BCUT2D eigenvalue weighted by molar-refractivity contribution is 5.22. The van der Waals surface area contributed by atoms with Crippen molar-refractivity contribution >= 4 is 0 Å². The van der Waals surface area contributed by atoms with Gasteiger partial charge in [-0.1, -0.05) is 69.7 Å². The maximum atomic E-state index is 5.50. The number of unbranched alkanes of at least 4 members (excludes halogenated alkanes) is 7. The Hall–Kier alpha value is -0.940. The third-order valence-electron chi connectivity index (χ3n) is 5.15. The molecule has 0 saturated heterocycles. The molecular formula is C24H46N4. The van der Waals surface area contributed by atoms with Crippen molar-refractivity contribution in [2.45, 2.75) is 84.2 Å². The summed E-state index contributed by atoms with van der Waals surface area (Å²) in [5.74, 6) is 0. The van der Waals surface area contributed by atoms with Gasteiger partial charge in [-0.15, -0.1) is 0 Å². The number of benzene rings is 1. The fourth-order valence-electron chi connectivity index (χ4n) is 3.30. The van der Waals surface area contributed by atoms with Crippen LogP contribution < -0.4 is 21.7 Å². The quantitative estimate of drug-likeness (QED) is 0.250. The Labute approximate surface area is 174 Å². The molecule has 4 heteroatoms. The van der Waals surface area contributed by atoms with Crippen LogP contribution >= 0.6 is 0 Å². The van der Waals surface area contributed by atoms with Crippen LogP contribution in [0, 0.1) is 0 Å². The summed E-state index contributed by atoms with van der Waals surface area (Å²) < 4.78 is 0. The Kier molecular flexibility index (Phi) is 17.4. The van der Waals surface area contributed by atoms with Gasteiger partial charge in [0, 0.05) is 13.1 Å². The van der Waals surface area contributed by atoms with Gasteiger partial charge in [0.25, 0.3) is 0 Å². The van der Waals surface area contributed by atoms with E-state index in [1.807, 2.05) is 0 Å². The van der Waals surface area contributed by atoms with Crippen molar-refractivity contribution in [1.82, 2.24) is 16.0 Å². The maximum Gasteiger partial charge on any atom is 0.0205 e. The van der Waals surface area contributed by atoms with Crippen LogP contribution in [0.15, 0.2) is 24.3 Å². The first-order valence-electron chi connectivity index (χ1n) is 11.8. The van der Waals surface area contributed by atoms with Crippen LogP contribution in [0.5, 0.6) is 0 Å². The topological polar surface area (TPSA) is 62.1 Å². The lowest BCUT2D eigenvalue weighted by Gasteiger charge is -2.08. The summed E-state index contributed by atoms with van der Waals surface area (Å²) in [6.07, 6.45) is 13.2. The molecule has 5 N–H and O–H groups in total. The molecule has 0 aliphatic carbocycles. The molecule has 0 aliphatic heterocycles. The van der Waals surface area contributed by atoms with E-state index < -0.39 is 0 Å². The van der Waals surface area contributed by atoms with E-state index in [1.54, 1.807) is 0 Å². The second kappa shape index (κ2) is 19.4. The van der Waals surface area contributed by atoms with Gasteiger partial charge < -0.3 is 21.7 Å². The van der Waals surface area contributed by atoms with Gasteiger partial charge in [-0.05, 0) is 69.5 Å². The summed E-state index contributed by atoms with van der Waals surface area (Å²) in [4.78, 5) is 0. The van der Waals surface area contributed by atoms with Crippen LogP contribution in [0.1, 0.15) is 82.3 Å². The molecule has 0 unspecified atom stereocenters. The minimum Gasteiger partial charge on any atom is -0.330 e. The van der Waals surface area contributed by atoms with E-state index in [-0.39, 0.29) is 0 Å². The lowest BCUT2D eigenvalue weighted by atomic mass is 10.1. The summed E-state index contributed by atoms with van der Waals surface area (Å²) in [7, 11) is 0. The smallest absolute Gasteiger partial charge is 0.0205 e. The van der Waals surface area contributed by atoms with E-state index in [0.29, 0.717) is 0 Å². The highest BCUT2D eigenvalue weighted by Crippen LogP contribution is 2.05. The van der Waals surface area contributed by atoms with Crippen molar-refractivity contribution in [3.8, 4) is 0 Å². The molecule has 1 aromatic carbocycles. The number of nitrogens with two attached hydrogens (primary N) is 1. The third kappa shape index (κ3) is 15.0. The predicted octanol–water partition coefficient (Wildman–Crippen LogP) is 4.34. The van der Waals surface area contributed by atoms with Crippen molar-refractivity contribution < 1.29 is 0 Å². The summed E-state index contributed by atoms with van der Waals surface area (Å²) in [6.45, 7) is 9.44. The van der Waals surface area contributed by atoms with Crippen LogP contribution in [-0.2, 0) is 13.1 Å². The Morgan fingerprint density at radius 3 is 1.46 bits per heavy atom. The third-order valence-corrected chi connectivity index (χ3v) is 5.15. The highest BCUT2D eigenvalue weighted by atomic mass is 14.9. The van der Waals surface area contributed by atoms with Crippen molar-refractivity contribution in [3.63, 3.8) is 0 Å². The number of hydrogen-bond donors (Lipinski definition) is 4. The highest BCUT2D eigenvalue weighted by Gasteiger charge is 1.96. The van der Waals surface area contributed by atoms with E-state index in [1.165, 1.54) is 82.0 Å². The van der Waals surface area contributed by atoms with Crippen LogP contribution in [0.25, 0.3) is 0 Å². The van der Waals surface area contributed by atoms with E-state index >= 15 is 0 Å². The van der Waals surface area contributed by atoms with Gasteiger partial charge in [0.1, 0.15) is 0 Å². The van der Waals surface area contributed by atoms with E-state index in [9.17, 15) is 0 Å². The molecule has 0 fully saturated rings. The average molecular weight is 391 g/mol. The monoisotopic (exact) mass is 390 g/mol. The molecule has 0 spiro atoms. The fourth-order valence-corrected chi connectivity index (χ4v) is 3.30. The zero-order valence-corrected chi connectivity index (χ0v) is 18.4. The van der Waals surface area contributed by atoms with Gasteiger partial charge in [0.2, 0.25) is 0 Å². The molecule has 0 bridgehead atoms. The molecule has 162 valence electrons. The maximum absolute atomic E-state index is 5.50. The molecule has 0 saturated carbocycles. The minimum absolute atomic E-state index is 0.758. The van der Waals surface area contributed by atoms with Crippen molar-refractivity contribution in [2.75, 3.05) is 32.7 Å². The summed E-state index contributed by atoms with van der Waals surface area (Å²) in [5.41, 5.74) is 8.22. The molecule has 0 heterocycles. The van der Waals surface area contributed by atoms with Crippen LogP contribution in [0.3, 0.4) is 0 Å². The molecule has 0 radical (unpaired) electrons. The molecular weight excluding hydrogens is 344 g/mol. The Morgan fingerprint density at radius 2 is 1.00 bits per heavy atom. The van der Waals surface area contributed by atoms with Gasteiger partial charge in [0.15, 0.2) is 0 Å². The first-order valence-corrected chi connectivity index (χ1v) is 11.8. The SMILES string of the molecule is CCCCCCCNCCCCCCNCc1ccc(CNCCCN)cc1. The van der Waals surface area contributed by atoms with E-state index in [2.05, 4.69) is 47.1 Å². The molecule has 1 rings (SSSR count). The Bertz CT molecular complexity index is 433. The van der Waals surface area contributed by atoms with Gasteiger partial charge in [-0.2, -0.15) is 0 Å². The number of nitrogens with one attached hydrogen (secondary N) is 3. The fraction of sp³-hybridized carbons (Fsp3) is 0.750. The van der Waals surface area contributed by atoms with Gasteiger partial charge in [-0.3, -0.25) is 0 Å². The van der Waals surface area contributed by atoms with Crippen molar-refractivity contribution in [2.24, 2.45) is 5.73 Å². The molecule has 0 aromatic heterocycles. The zero-order chi connectivity index (χ0) is 20.1.